The molecule has 3 heteroatoms. The van der Waals surface area contributed by atoms with Crippen molar-refractivity contribution in [2.75, 3.05) is 0 Å². The molecule has 0 fully saturated rings. The lowest BCUT2D eigenvalue weighted by Gasteiger charge is -2.18. The van der Waals surface area contributed by atoms with Crippen molar-refractivity contribution in [3.8, 4) is 0 Å². The third-order valence-corrected chi connectivity index (χ3v) is 2.41. The summed E-state index contributed by atoms with van der Waals surface area (Å²) in [4.78, 5) is 10.7. The van der Waals surface area contributed by atoms with E-state index in [4.69, 9.17) is 0 Å². The first kappa shape index (κ1) is 10.4. The van der Waals surface area contributed by atoms with Crippen LogP contribution in [-0.2, 0) is 10.2 Å². The second-order valence-corrected chi connectivity index (χ2v) is 4.38. The molecular weight excluding hydrogens is 235 g/mol. The summed E-state index contributed by atoms with van der Waals surface area (Å²) < 4.78 is 14.0. The fraction of sp³-hybridized carbons (Fsp3) is 0.300. The monoisotopic (exact) mass is 244 g/mol. The van der Waals surface area contributed by atoms with Crippen molar-refractivity contribution in [1.82, 2.24) is 0 Å². The van der Waals surface area contributed by atoms with Gasteiger partial charge in [-0.2, -0.15) is 0 Å². The molecule has 13 heavy (non-hydrogen) atoms. The van der Waals surface area contributed by atoms with Crippen LogP contribution in [0.3, 0.4) is 0 Å². The molecule has 1 rings (SSSR count). The van der Waals surface area contributed by atoms with Crippen LogP contribution in [0.2, 0.25) is 0 Å². The van der Waals surface area contributed by atoms with Gasteiger partial charge in [-0.1, -0.05) is 15.9 Å². The zero-order chi connectivity index (χ0) is 10.1. The molecule has 0 heterocycles. The Morgan fingerprint density at radius 2 is 2.08 bits per heavy atom. The molecule has 0 saturated heterocycles. The smallest absolute Gasteiger partial charge is 0.130 e. The average molecular weight is 245 g/mol. The SMILES string of the molecule is CC(C)(C=O)c1cc(Br)ccc1F. The first-order valence-electron chi connectivity index (χ1n) is 3.89. The predicted molar refractivity (Wildman–Crippen MR) is 53.2 cm³/mol. The van der Waals surface area contributed by atoms with Crippen molar-refractivity contribution in [2.24, 2.45) is 0 Å². The Hall–Kier alpha value is -0.700. The van der Waals surface area contributed by atoms with Gasteiger partial charge < -0.3 is 4.79 Å². The van der Waals surface area contributed by atoms with Gasteiger partial charge in [-0.25, -0.2) is 4.39 Å². The first-order valence-corrected chi connectivity index (χ1v) is 4.68. The van der Waals surface area contributed by atoms with Gasteiger partial charge in [0.2, 0.25) is 0 Å². The highest BCUT2D eigenvalue weighted by molar-refractivity contribution is 9.10. The molecule has 70 valence electrons. The Morgan fingerprint density at radius 1 is 1.46 bits per heavy atom. The lowest BCUT2D eigenvalue weighted by molar-refractivity contribution is -0.111. The van der Waals surface area contributed by atoms with Crippen molar-refractivity contribution < 1.29 is 9.18 Å². The van der Waals surface area contributed by atoms with E-state index >= 15 is 0 Å². The van der Waals surface area contributed by atoms with E-state index in [1.54, 1.807) is 26.0 Å². The standard InChI is InChI=1S/C10H10BrFO/c1-10(2,6-13)8-5-7(11)3-4-9(8)12/h3-6H,1-2H3. The molecule has 0 aliphatic heterocycles. The zero-order valence-corrected chi connectivity index (χ0v) is 9.06. The third-order valence-electron chi connectivity index (χ3n) is 1.92. The highest BCUT2D eigenvalue weighted by Gasteiger charge is 2.23. The Morgan fingerprint density at radius 3 is 2.62 bits per heavy atom. The molecule has 0 unspecified atom stereocenters. The van der Waals surface area contributed by atoms with Crippen LogP contribution in [-0.4, -0.2) is 6.29 Å². The van der Waals surface area contributed by atoms with E-state index in [9.17, 15) is 9.18 Å². The Bertz CT molecular complexity index is 334. The summed E-state index contributed by atoms with van der Waals surface area (Å²) in [7, 11) is 0. The summed E-state index contributed by atoms with van der Waals surface area (Å²) in [6.45, 7) is 3.37. The third kappa shape index (κ3) is 2.15. The molecule has 0 aliphatic rings. The van der Waals surface area contributed by atoms with Crippen molar-refractivity contribution in [2.45, 2.75) is 19.3 Å². The number of carbonyl (C=O) groups excluding carboxylic acids is 1. The van der Waals surface area contributed by atoms with Gasteiger partial charge in [0.1, 0.15) is 12.1 Å². The number of hydrogen-bond donors (Lipinski definition) is 0. The van der Waals surface area contributed by atoms with E-state index < -0.39 is 5.41 Å². The molecule has 0 N–H and O–H groups in total. The number of rotatable bonds is 2. The summed E-state index contributed by atoms with van der Waals surface area (Å²) in [5.74, 6) is -0.347. The molecule has 1 aromatic rings. The molecule has 0 bridgehead atoms. The molecular formula is C10H10BrFO. The van der Waals surface area contributed by atoms with Crippen molar-refractivity contribution >= 4 is 22.2 Å². The van der Waals surface area contributed by atoms with Crippen LogP contribution in [0.1, 0.15) is 19.4 Å². The van der Waals surface area contributed by atoms with Crippen LogP contribution < -0.4 is 0 Å². The highest BCUT2D eigenvalue weighted by atomic mass is 79.9. The number of carbonyl (C=O) groups is 1. The minimum Gasteiger partial charge on any atom is -0.302 e. The van der Waals surface area contributed by atoms with E-state index in [1.165, 1.54) is 6.07 Å². The van der Waals surface area contributed by atoms with Crippen molar-refractivity contribution in [3.63, 3.8) is 0 Å². The quantitative estimate of drug-likeness (QED) is 0.732. The fourth-order valence-electron chi connectivity index (χ4n) is 1.05. The molecule has 0 aromatic heterocycles. The van der Waals surface area contributed by atoms with Gasteiger partial charge >= 0.3 is 0 Å². The van der Waals surface area contributed by atoms with E-state index in [0.717, 1.165) is 10.8 Å². The number of halogens is 2. The molecule has 1 nitrogen and oxygen atoms in total. The number of benzene rings is 1. The van der Waals surface area contributed by atoms with Gasteiger partial charge in [0.25, 0.3) is 0 Å². The van der Waals surface area contributed by atoms with Crippen LogP contribution in [0.25, 0.3) is 0 Å². The lowest BCUT2D eigenvalue weighted by atomic mass is 9.86. The summed E-state index contributed by atoms with van der Waals surface area (Å²) in [6.07, 6.45) is 0.748. The van der Waals surface area contributed by atoms with Crippen LogP contribution >= 0.6 is 15.9 Å². The van der Waals surface area contributed by atoms with Crippen LogP contribution in [0.15, 0.2) is 22.7 Å². The van der Waals surface area contributed by atoms with E-state index in [-0.39, 0.29) is 5.82 Å². The van der Waals surface area contributed by atoms with Crippen LogP contribution in [0.4, 0.5) is 4.39 Å². The minimum atomic E-state index is -0.770. The maximum atomic E-state index is 13.3. The topological polar surface area (TPSA) is 17.1 Å². The molecule has 0 saturated carbocycles. The Kier molecular flexibility index (Phi) is 2.86. The number of aldehydes is 1. The van der Waals surface area contributed by atoms with E-state index in [2.05, 4.69) is 15.9 Å². The van der Waals surface area contributed by atoms with Crippen LogP contribution in [0.5, 0.6) is 0 Å². The normalized spacial score (nSPS) is 11.4. The largest absolute Gasteiger partial charge is 0.302 e. The maximum Gasteiger partial charge on any atom is 0.130 e. The van der Waals surface area contributed by atoms with Gasteiger partial charge in [-0.05, 0) is 32.0 Å². The van der Waals surface area contributed by atoms with E-state index in [1.807, 2.05) is 0 Å². The molecule has 0 radical (unpaired) electrons. The van der Waals surface area contributed by atoms with Gasteiger partial charge in [-0.15, -0.1) is 0 Å². The number of hydrogen-bond acceptors (Lipinski definition) is 1. The van der Waals surface area contributed by atoms with E-state index in [0.29, 0.717) is 5.56 Å². The molecule has 0 spiro atoms. The summed E-state index contributed by atoms with van der Waals surface area (Å²) in [5.41, 5.74) is -0.356. The Balaban J connectivity index is 3.28. The predicted octanol–water partition coefficient (Wildman–Crippen LogP) is 3.06. The molecule has 0 aliphatic carbocycles. The van der Waals surface area contributed by atoms with Crippen molar-refractivity contribution in [1.29, 1.82) is 0 Å². The maximum absolute atomic E-state index is 13.3. The van der Waals surface area contributed by atoms with Gasteiger partial charge in [-0.3, -0.25) is 0 Å². The second kappa shape index (κ2) is 3.58. The van der Waals surface area contributed by atoms with Crippen LogP contribution in [0, 0.1) is 5.82 Å². The molecule has 1 aromatic carbocycles. The Labute approximate surface area is 85.1 Å². The summed E-state index contributed by atoms with van der Waals surface area (Å²) in [5, 5.41) is 0. The average Bonchev–Trinajstić information content (AvgIpc) is 2.09. The lowest BCUT2D eigenvalue weighted by Crippen LogP contribution is -2.20. The molecule has 0 amide bonds. The zero-order valence-electron chi connectivity index (χ0n) is 7.47. The van der Waals surface area contributed by atoms with Gasteiger partial charge in [0.05, 0.1) is 0 Å². The summed E-state index contributed by atoms with van der Waals surface area (Å²) in [6, 6.07) is 4.59. The molecule has 0 atom stereocenters. The first-order chi connectivity index (χ1) is 5.97. The second-order valence-electron chi connectivity index (χ2n) is 3.46. The van der Waals surface area contributed by atoms with Crippen molar-refractivity contribution in [3.05, 3.63) is 34.1 Å². The minimum absolute atomic E-state index is 0.347. The van der Waals surface area contributed by atoms with Gasteiger partial charge in [0.15, 0.2) is 0 Å². The summed E-state index contributed by atoms with van der Waals surface area (Å²) >= 11 is 3.24. The fourth-order valence-corrected chi connectivity index (χ4v) is 1.42. The highest BCUT2D eigenvalue weighted by Crippen LogP contribution is 2.26. The van der Waals surface area contributed by atoms with Gasteiger partial charge in [0, 0.05) is 15.5 Å².